The third-order valence-corrected chi connectivity index (χ3v) is 0.861. The van der Waals surface area contributed by atoms with Gasteiger partial charge in [-0.3, -0.25) is 0 Å². The lowest BCUT2D eigenvalue weighted by Gasteiger charge is -1.95. The van der Waals surface area contributed by atoms with Crippen molar-refractivity contribution in [2.45, 2.75) is 12.8 Å². The predicted octanol–water partition coefficient (Wildman–Crippen LogP) is 1.22. The zero-order valence-electron chi connectivity index (χ0n) is 5.26. The molecule has 0 heterocycles. The van der Waals surface area contributed by atoms with E-state index in [1.165, 1.54) is 0 Å². The second-order valence-electron chi connectivity index (χ2n) is 1.66. The normalized spacial score (nSPS) is 8.44. The highest BCUT2D eigenvalue weighted by atomic mass is 16.4. The van der Waals surface area contributed by atoms with Crippen molar-refractivity contribution in [2.24, 2.45) is 0 Å². The van der Waals surface area contributed by atoms with Crippen molar-refractivity contribution < 1.29 is 9.90 Å². The average Bonchev–Trinajstić information content (AvgIpc) is 1.80. The number of carboxylic acid groups (broad SMARTS) is 1. The zero-order chi connectivity index (χ0) is 7.11. The van der Waals surface area contributed by atoms with E-state index >= 15 is 0 Å². The van der Waals surface area contributed by atoms with Crippen molar-refractivity contribution >= 4 is 6.09 Å². The Morgan fingerprint density at radius 2 is 2.44 bits per heavy atom. The van der Waals surface area contributed by atoms with Gasteiger partial charge in [0.2, 0.25) is 0 Å². The SMILES string of the molecule is C=CCCCNC(=O)O. The molecule has 0 rings (SSSR count). The summed E-state index contributed by atoms with van der Waals surface area (Å²) in [6, 6.07) is 0. The van der Waals surface area contributed by atoms with Gasteiger partial charge in [0.15, 0.2) is 0 Å². The van der Waals surface area contributed by atoms with Crippen LogP contribution in [-0.2, 0) is 0 Å². The number of hydrogen-bond donors (Lipinski definition) is 2. The van der Waals surface area contributed by atoms with Crippen LogP contribution >= 0.6 is 0 Å². The molecule has 52 valence electrons. The van der Waals surface area contributed by atoms with Crippen molar-refractivity contribution in [1.29, 1.82) is 0 Å². The second kappa shape index (κ2) is 5.15. The summed E-state index contributed by atoms with van der Waals surface area (Å²) in [4.78, 5) is 9.83. The van der Waals surface area contributed by atoms with E-state index in [2.05, 4.69) is 11.9 Å². The molecule has 0 aromatic carbocycles. The molecular weight excluding hydrogens is 118 g/mol. The molecule has 0 radical (unpaired) electrons. The fourth-order valence-electron chi connectivity index (χ4n) is 0.442. The van der Waals surface area contributed by atoms with Gasteiger partial charge >= 0.3 is 6.09 Å². The largest absolute Gasteiger partial charge is 0.465 e. The molecule has 0 bridgehead atoms. The first-order valence-corrected chi connectivity index (χ1v) is 2.85. The molecule has 9 heavy (non-hydrogen) atoms. The van der Waals surface area contributed by atoms with Gasteiger partial charge in [-0.15, -0.1) is 6.58 Å². The van der Waals surface area contributed by atoms with Crippen LogP contribution in [0.1, 0.15) is 12.8 Å². The number of carbonyl (C=O) groups is 1. The zero-order valence-corrected chi connectivity index (χ0v) is 5.26. The Morgan fingerprint density at radius 1 is 1.78 bits per heavy atom. The van der Waals surface area contributed by atoms with Crippen LogP contribution in [-0.4, -0.2) is 17.7 Å². The molecule has 0 aromatic heterocycles. The quantitative estimate of drug-likeness (QED) is 0.443. The van der Waals surface area contributed by atoms with Gasteiger partial charge in [-0.1, -0.05) is 6.08 Å². The molecule has 3 heteroatoms. The summed E-state index contributed by atoms with van der Waals surface area (Å²) in [6.07, 6.45) is 2.50. The fraction of sp³-hybridized carbons (Fsp3) is 0.500. The third-order valence-electron chi connectivity index (χ3n) is 0.861. The Balaban J connectivity index is 2.91. The number of allylic oxidation sites excluding steroid dienone is 1. The van der Waals surface area contributed by atoms with E-state index in [0.717, 1.165) is 12.8 Å². The summed E-state index contributed by atoms with van der Waals surface area (Å²) in [5.41, 5.74) is 0. The maximum Gasteiger partial charge on any atom is 0.404 e. The number of rotatable bonds is 4. The standard InChI is InChI=1S/C6H11NO2/c1-2-3-4-5-7-6(8)9/h2,7H,1,3-5H2,(H,8,9). The van der Waals surface area contributed by atoms with E-state index < -0.39 is 6.09 Å². The highest BCUT2D eigenvalue weighted by Gasteiger charge is 1.89. The van der Waals surface area contributed by atoms with Gasteiger partial charge in [0.25, 0.3) is 0 Å². The molecule has 2 N–H and O–H groups in total. The molecule has 0 unspecified atom stereocenters. The Morgan fingerprint density at radius 3 is 2.89 bits per heavy atom. The van der Waals surface area contributed by atoms with E-state index in [4.69, 9.17) is 5.11 Å². The lowest BCUT2D eigenvalue weighted by Crippen LogP contribution is -2.21. The number of hydrogen-bond acceptors (Lipinski definition) is 1. The van der Waals surface area contributed by atoms with Crippen LogP contribution in [0, 0.1) is 0 Å². The minimum atomic E-state index is -0.959. The van der Waals surface area contributed by atoms with E-state index in [1.54, 1.807) is 6.08 Å². The van der Waals surface area contributed by atoms with Gasteiger partial charge in [0.05, 0.1) is 0 Å². The molecule has 1 amide bonds. The average molecular weight is 129 g/mol. The number of nitrogens with one attached hydrogen (secondary N) is 1. The lowest BCUT2D eigenvalue weighted by molar-refractivity contribution is 0.194. The molecule has 0 aliphatic carbocycles. The molecule has 0 saturated heterocycles. The third kappa shape index (κ3) is 7.01. The first kappa shape index (κ1) is 8.01. The van der Waals surface area contributed by atoms with Crippen molar-refractivity contribution in [2.75, 3.05) is 6.54 Å². The first-order valence-electron chi connectivity index (χ1n) is 2.85. The minimum absolute atomic E-state index is 0.515. The molecule has 3 nitrogen and oxygen atoms in total. The molecule has 0 aliphatic rings. The summed E-state index contributed by atoms with van der Waals surface area (Å²) >= 11 is 0. The maximum atomic E-state index is 9.83. The molecule has 0 atom stereocenters. The molecule has 0 spiro atoms. The Labute approximate surface area is 54.4 Å². The van der Waals surface area contributed by atoms with Crippen molar-refractivity contribution in [1.82, 2.24) is 5.32 Å². The highest BCUT2D eigenvalue weighted by Crippen LogP contribution is 1.85. The van der Waals surface area contributed by atoms with Crippen LogP contribution in [0.15, 0.2) is 12.7 Å². The molecule has 0 aliphatic heterocycles. The number of amides is 1. The van der Waals surface area contributed by atoms with Crippen LogP contribution in [0.25, 0.3) is 0 Å². The van der Waals surface area contributed by atoms with Crippen molar-refractivity contribution in [3.8, 4) is 0 Å². The smallest absolute Gasteiger partial charge is 0.404 e. The van der Waals surface area contributed by atoms with Crippen molar-refractivity contribution in [3.05, 3.63) is 12.7 Å². The lowest BCUT2D eigenvalue weighted by atomic mass is 10.3. The van der Waals surface area contributed by atoms with Crippen LogP contribution in [0.3, 0.4) is 0 Å². The fourth-order valence-corrected chi connectivity index (χ4v) is 0.442. The maximum absolute atomic E-state index is 9.83. The number of unbranched alkanes of at least 4 members (excludes halogenated alkanes) is 1. The van der Waals surface area contributed by atoms with Crippen LogP contribution < -0.4 is 5.32 Å². The first-order chi connectivity index (χ1) is 4.27. The molecule has 0 fully saturated rings. The van der Waals surface area contributed by atoms with Gasteiger partial charge in [-0.2, -0.15) is 0 Å². The summed E-state index contributed by atoms with van der Waals surface area (Å²) in [5.74, 6) is 0. The van der Waals surface area contributed by atoms with Gasteiger partial charge in [0.1, 0.15) is 0 Å². The minimum Gasteiger partial charge on any atom is -0.465 e. The van der Waals surface area contributed by atoms with Crippen LogP contribution in [0.5, 0.6) is 0 Å². The summed E-state index contributed by atoms with van der Waals surface area (Å²) in [7, 11) is 0. The van der Waals surface area contributed by atoms with E-state index in [9.17, 15) is 4.79 Å². The topological polar surface area (TPSA) is 49.3 Å². The highest BCUT2D eigenvalue weighted by molar-refractivity contribution is 5.64. The Kier molecular flexibility index (Phi) is 4.59. The predicted molar refractivity (Wildman–Crippen MR) is 35.5 cm³/mol. The van der Waals surface area contributed by atoms with E-state index in [-0.39, 0.29) is 0 Å². The van der Waals surface area contributed by atoms with E-state index in [0.29, 0.717) is 6.54 Å². The molecular formula is C6H11NO2. The van der Waals surface area contributed by atoms with Gasteiger partial charge in [-0.25, -0.2) is 4.79 Å². The Bertz CT molecular complexity index is 101. The Hall–Kier alpha value is -0.990. The van der Waals surface area contributed by atoms with Gasteiger partial charge in [-0.05, 0) is 12.8 Å². The summed E-state index contributed by atoms with van der Waals surface area (Å²) in [5, 5.41) is 10.3. The van der Waals surface area contributed by atoms with Crippen molar-refractivity contribution in [3.63, 3.8) is 0 Å². The molecule has 0 aromatic rings. The van der Waals surface area contributed by atoms with Gasteiger partial charge < -0.3 is 10.4 Å². The van der Waals surface area contributed by atoms with E-state index in [1.807, 2.05) is 0 Å². The van der Waals surface area contributed by atoms with Crippen LogP contribution in [0.4, 0.5) is 4.79 Å². The molecule has 0 saturated carbocycles. The van der Waals surface area contributed by atoms with Gasteiger partial charge in [0, 0.05) is 6.54 Å². The van der Waals surface area contributed by atoms with Crippen LogP contribution in [0.2, 0.25) is 0 Å². The monoisotopic (exact) mass is 129 g/mol. The summed E-state index contributed by atoms with van der Waals surface area (Å²) < 4.78 is 0. The second-order valence-corrected chi connectivity index (χ2v) is 1.66. The summed E-state index contributed by atoms with van der Waals surface area (Å²) in [6.45, 7) is 4.02.